The van der Waals surface area contributed by atoms with Crippen molar-refractivity contribution in [2.75, 3.05) is 31.8 Å². The lowest BCUT2D eigenvalue weighted by molar-refractivity contribution is -0.155. The van der Waals surface area contributed by atoms with Crippen LogP contribution in [0.2, 0.25) is 0 Å². The molecule has 2 amide bonds. The van der Waals surface area contributed by atoms with Crippen LogP contribution < -0.4 is 9.64 Å². The molecule has 218 valence electrons. The molecule has 10 heteroatoms. The SMILES string of the molecule is C=CCCOC(=O)[C@H]1[C@@H]2OC3(CC2Br)C(C(=O)N(CC=C)c2ccc(OC)cc2)N([C@@H](CO)CC(C)C)C(=O)[C@H]13. The van der Waals surface area contributed by atoms with Crippen LogP contribution in [0.5, 0.6) is 5.75 Å². The first-order valence-electron chi connectivity index (χ1n) is 13.7. The Morgan fingerprint density at radius 1 is 1.27 bits per heavy atom. The number of ether oxygens (including phenoxy) is 3. The number of fused-ring (bicyclic) bond motifs is 1. The predicted molar refractivity (Wildman–Crippen MR) is 154 cm³/mol. The molecule has 1 N–H and O–H groups in total. The Morgan fingerprint density at radius 3 is 2.55 bits per heavy atom. The standard InChI is InChI=1S/C30H39BrN2O7/c1-6-8-14-39-29(37)23-24-27(35)33(20(17-34)15-18(3)4)26(30(24)16-22(31)25(23)40-30)28(36)32(13-7-2)19-9-11-21(38-5)12-10-19/h6-7,9-12,18,20,22-26,34H,1-2,8,13-17H2,3-5H3/t20-,22?,23-,24+,25-,26?,30?/m1/s1. The van der Waals surface area contributed by atoms with E-state index in [9.17, 15) is 19.5 Å². The Morgan fingerprint density at radius 2 is 1.98 bits per heavy atom. The van der Waals surface area contributed by atoms with Gasteiger partial charge in [0.25, 0.3) is 5.91 Å². The summed E-state index contributed by atoms with van der Waals surface area (Å²) in [5.74, 6) is -2.23. The number of rotatable bonds is 13. The number of anilines is 1. The van der Waals surface area contributed by atoms with Gasteiger partial charge in [-0.1, -0.05) is 41.9 Å². The van der Waals surface area contributed by atoms with Crippen LogP contribution in [0.15, 0.2) is 49.6 Å². The third kappa shape index (κ3) is 5.21. The molecule has 1 aromatic carbocycles. The van der Waals surface area contributed by atoms with Crippen LogP contribution >= 0.6 is 15.9 Å². The smallest absolute Gasteiger partial charge is 0.312 e. The number of hydrogen-bond donors (Lipinski definition) is 1. The van der Waals surface area contributed by atoms with Crippen molar-refractivity contribution in [3.63, 3.8) is 0 Å². The molecule has 1 aromatic rings. The van der Waals surface area contributed by atoms with Crippen LogP contribution in [-0.4, -0.2) is 83.3 Å². The van der Waals surface area contributed by atoms with Crippen molar-refractivity contribution in [1.82, 2.24) is 4.90 Å². The molecule has 3 aliphatic rings. The van der Waals surface area contributed by atoms with Crippen molar-refractivity contribution < 1.29 is 33.7 Å². The number of methoxy groups -OCH3 is 1. The van der Waals surface area contributed by atoms with E-state index in [0.29, 0.717) is 30.7 Å². The van der Waals surface area contributed by atoms with E-state index in [4.69, 9.17) is 14.2 Å². The normalized spacial score (nSPS) is 29.3. The van der Waals surface area contributed by atoms with E-state index < -0.39 is 41.6 Å². The minimum absolute atomic E-state index is 0.144. The number of aliphatic hydroxyl groups is 1. The topological polar surface area (TPSA) is 106 Å². The number of hydrogen-bond acceptors (Lipinski definition) is 7. The molecular weight excluding hydrogens is 580 g/mol. The monoisotopic (exact) mass is 618 g/mol. The van der Waals surface area contributed by atoms with Gasteiger partial charge in [0.05, 0.1) is 44.3 Å². The number of esters is 1. The molecule has 3 saturated heterocycles. The van der Waals surface area contributed by atoms with Gasteiger partial charge in [-0.15, -0.1) is 13.2 Å². The van der Waals surface area contributed by atoms with Gasteiger partial charge >= 0.3 is 5.97 Å². The van der Waals surface area contributed by atoms with Gasteiger partial charge in [0.15, 0.2) is 0 Å². The fourth-order valence-corrected chi connectivity index (χ4v) is 7.47. The lowest BCUT2D eigenvalue weighted by Gasteiger charge is -2.39. The van der Waals surface area contributed by atoms with Gasteiger partial charge in [-0.3, -0.25) is 14.4 Å². The molecule has 4 rings (SSSR count). The Kier molecular flexibility index (Phi) is 9.42. The number of aliphatic hydroxyl groups excluding tert-OH is 1. The number of nitrogens with zero attached hydrogens (tertiary/aromatic N) is 2. The maximum atomic E-state index is 14.6. The Labute approximate surface area is 244 Å². The fraction of sp³-hybridized carbons (Fsp3) is 0.567. The molecule has 0 saturated carbocycles. The lowest BCUT2D eigenvalue weighted by Crippen LogP contribution is -2.59. The Balaban J connectivity index is 1.80. The Hall–Kier alpha value is -2.69. The van der Waals surface area contributed by atoms with E-state index in [1.165, 1.54) is 4.90 Å². The number of likely N-dealkylation sites (tertiary alicyclic amines) is 1. The van der Waals surface area contributed by atoms with Gasteiger partial charge < -0.3 is 29.1 Å². The number of amides is 2. The van der Waals surface area contributed by atoms with Crippen LogP contribution in [0, 0.1) is 17.8 Å². The van der Waals surface area contributed by atoms with E-state index >= 15 is 0 Å². The van der Waals surface area contributed by atoms with Crippen LogP contribution in [-0.2, 0) is 23.9 Å². The summed E-state index contributed by atoms with van der Waals surface area (Å²) in [4.78, 5) is 45.1. The second-order valence-electron chi connectivity index (χ2n) is 11.1. The first-order chi connectivity index (χ1) is 19.1. The summed E-state index contributed by atoms with van der Waals surface area (Å²) in [5, 5.41) is 10.5. The van der Waals surface area contributed by atoms with E-state index in [1.807, 2.05) is 13.8 Å². The number of carbonyl (C=O) groups is 3. The average Bonchev–Trinajstić information content (AvgIpc) is 3.53. The molecule has 0 aliphatic carbocycles. The molecule has 2 bridgehead atoms. The van der Waals surface area contributed by atoms with E-state index in [1.54, 1.807) is 48.4 Å². The summed E-state index contributed by atoms with van der Waals surface area (Å²) in [7, 11) is 1.57. The van der Waals surface area contributed by atoms with Crippen molar-refractivity contribution >= 4 is 39.4 Å². The van der Waals surface area contributed by atoms with Crippen LogP contribution in [0.3, 0.4) is 0 Å². The van der Waals surface area contributed by atoms with E-state index in [0.717, 1.165) is 0 Å². The van der Waals surface area contributed by atoms with E-state index in [2.05, 4.69) is 29.1 Å². The van der Waals surface area contributed by atoms with Gasteiger partial charge in [0.2, 0.25) is 5.91 Å². The molecule has 9 nitrogen and oxygen atoms in total. The van der Waals surface area contributed by atoms with Crippen molar-refractivity contribution in [2.45, 2.75) is 61.7 Å². The highest BCUT2D eigenvalue weighted by Gasteiger charge is 2.77. The summed E-state index contributed by atoms with van der Waals surface area (Å²) in [6.07, 6.45) is 3.99. The molecule has 3 heterocycles. The van der Waals surface area contributed by atoms with Crippen LogP contribution in [0.4, 0.5) is 5.69 Å². The zero-order valence-electron chi connectivity index (χ0n) is 23.3. The van der Waals surface area contributed by atoms with Crippen molar-refractivity contribution in [1.29, 1.82) is 0 Å². The second-order valence-corrected chi connectivity index (χ2v) is 12.2. The molecule has 0 aromatic heterocycles. The van der Waals surface area contributed by atoms with Gasteiger partial charge in [0.1, 0.15) is 17.4 Å². The molecule has 3 fully saturated rings. The number of alkyl halides is 1. The summed E-state index contributed by atoms with van der Waals surface area (Å²) in [6, 6.07) is 5.38. The maximum Gasteiger partial charge on any atom is 0.312 e. The summed E-state index contributed by atoms with van der Waals surface area (Å²) in [5.41, 5.74) is -0.656. The summed E-state index contributed by atoms with van der Waals surface area (Å²) in [6.45, 7) is 11.5. The minimum Gasteiger partial charge on any atom is -0.497 e. The molecule has 7 atom stereocenters. The lowest BCUT2D eigenvalue weighted by atomic mass is 9.70. The summed E-state index contributed by atoms with van der Waals surface area (Å²) < 4.78 is 17.4. The highest BCUT2D eigenvalue weighted by atomic mass is 79.9. The predicted octanol–water partition coefficient (Wildman–Crippen LogP) is 3.49. The molecule has 3 unspecified atom stereocenters. The highest BCUT2D eigenvalue weighted by Crippen LogP contribution is 2.61. The minimum atomic E-state index is -1.26. The molecule has 0 radical (unpaired) electrons. The average molecular weight is 620 g/mol. The number of carbonyl (C=O) groups excluding carboxylic acids is 3. The van der Waals surface area contributed by atoms with Crippen molar-refractivity contribution in [2.24, 2.45) is 17.8 Å². The third-order valence-electron chi connectivity index (χ3n) is 8.11. The second kappa shape index (κ2) is 12.4. The zero-order chi connectivity index (χ0) is 29.2. The van der Waals surface area contributed by atoms with Gasteiger partial charge in [-0.05, 0) is 49.4 Å². The van der Waals surface area contributed by atoms with Gasteiger partial charge in [-0.25, -0.2) is 0 Å². The van der Waals surface area contributed by atoms with E-state index in [-0.39, 0.29) is 42.3 Å². The van der Waals surface area contributed by atoms with Gasteiger partial charge in [0, 0.05) is 17.1 Å². The quantitative estimate of drug-likeness (QED) is 0.156. The molecule has 1 spiro atoms. The summed E-state index contributed by atoms with van der Waals surface area (Å²) >= 11 is 3.67. The number of benzene rings is 1. The highest BCUT2D eigenvalue weighted by molar-refractivity contribution is 9.09. The maximum absolute atomic E-state index is 14.6. The van der Waals surface area contributed by atoms with Gasteiger partial charge in [-0.2, -0.15) is 0 Å². The van der Waals surface area contributed by atoms with Crippen LogP contribution in [0.1, 0.15) is 33.1 Å². The first kappa shape index (κ1) is 30.3. The first-order valence-corrected chi connectivity index (χ1v) is 14.6. The molecule has 3 aliphatic heterocycles. The largest absolute Gasteiger partial charge is 0.497 e. The fourth-order valence-electron chi connectivity index (χ4n) is 6.53. The van der Waals surface area contributed by atoms with Crippen LogP contribution in [0.25, 0.3) is 0 Å². The van der Waals surface area contributed by atoms with Crippen molar-refractivity contribution in [3.05, 3.63) is 49.6 Å². The Bertz CT molecular complexity index is 1130. The van der Waals surface area contributed by atoms with Crippen molar-refractivity contribution in [3.8, 4) is 5.75 Å². The molecule has 40 heavy (non-hydrogen) atoms. The third-order valence-corrected chi connectivity index (χ3v) is 8.95. The number of halogens is 1. The zero-order valence-corrected chi connectivity index (χ0v) is 24.9. The molecular formula is C30H39BrN2O7.